The van der Waals surface area contributed by atoms with Crippen LogP contribution in [0.2, 0.25) is 0 Å². The molecule has 1 N–H and O–H groups in total. The number of nitro benzene ring substituents is 1. The predicted octanol–water partition coefficient (Wildman–Crippen LogP) is 3.12. The zero-order valence-electron chi connectivity index (χ0n) is 16.6. The molecule has 2 amide bonds. The van der Waals surface area contributed by atoms with Gasteiger partial charge in [0.05, 0.1) is 4.92 Å². The summed E-state index contributed by atoms with van der Waals surface area (Å²) in [5.74, 6) is -0.689. The van der Waals surface area contributed by atoms with Gasteiger partial charge in [0, 0.05) is 50.4 Å². The highest BCUT2D eigenvalue weighted by Crippen LogP contribution is 2.30. The Kier molecular flexibility index (Phi) is 6.63. The van der Waals surface area contributed by atoms with Gasteiger partial charge in [-0.15, -0.1) is 0 Å². The summed E-state index contributed by atoms with van der Waals surface area (Å²) in [6.45, 7) is 0.327. The number of nitrogens with one attached hydrogen (secondary N) is 1. The van der Waals surface area contributed by atoms with Gasteiger partial charge in [0.25, 0.3) is 11.6 Å². The molecule has 0 saturated carbocycles. The number of nitrogens with zero attached hydrogens (tertiary/aromatic N) is 3. The molecule has 0 bridgehead atoms. The number of benzene rings is 2. The number of hydrogen-bond donors (Lipinski definition) is 1. The Morgan fingerprint density at radius 1 is 1.10 bits per heavy atom. The average molecular weight is 434 g/mol. The second-order valence-electron chi connectivity index (χ2n) is 6.81. The van der Waals surface area contributed by atoms with Crippen LogP contribution >= 0.6 is 0 Å². The van der Waals surface area contributed by atoms with Crippen LogP contribution in [0.1, 0.15) is 17.3 Å². The van der Waals surface area contributed by atoms with E-state index in [9.17, 15) is 28.5 Å². The number of halogens is 2. The number of amides is 2. The number of anilines is 2. The van der Waals surface area contributed by atoms with Gasteiger partial charge in [-0.2, -0.15) is 8.78 Å². The number of carbonyl (C=O) groups excluding carboxylic acids is 2. The lowest BCUT2D eigenvalue weighted by Gasteiger charge is -2.35. The third-order valence-corrected chi connectivity index (χ3v) is 4.84. The van der Waals surface area contributed by atoms with Gasteiger partial charge in [-0.1, -0.05) is 0 Å². The lowest BCUT2D eigenvalue weighted by atomic mass is 10.1. The van der Waals surface area contributed by atoms with Crippen molar-refractivity contribution in [2.45, 2.75) is 13.5 Å². The first-order valence-corrected chi connectivity index (χ1v) is 9.39. The lowest BCUT2D eigenvalue weighted by Crippen LogP contribution is -2.48. The first-order valence-electron chi connectivity index (χ1n) is 9.39. The lowest BCUT2D eigenvalue weighted by molar-refractivity contribution is -0.384. The van der Waals surface area contributed by atoms with E-state index in [4.69, 9.17) is 0 Å². The number of hydrogen-bond acceptors (Lipinski definition) is 6. The van der Waals surface area contributed by atoms with Crippen LogP contribution < -0.4 is 15.0 Å². The van der Waals surface area contributed by atoms with E-state index in [-0.39, 0.29) is 22.9 Å². The van der Waals surface area contributed by atoms with E-state index < -0.39 is 17.4 Å². The van der Waals surface area contributed by atoms with Crippen LogP contribution in [-0.4, -0.2) is 54.4 Å². The smallest absolute Gasteiger partial charge is 0.387 e. The number of ether oxygens (including phenoxy) is 1. The first-order chi connectivity index (χ1) is 14.7. The van der Waals surface area contributed by atoms with Crippen molar-refractivity contribution >= 4 is 28.9 Å². The number of nitro groups is 1. The molecule has 1 heterocycles. The van der Waals surface area contributed by atoms with Gasteiger partial charge in [0.1, 0.15) is 11.4 Å². The van der Waals surface area contributed by atoms with Crippen LogP contribution in [0.4, 0.5) is 25.8 Å². The standard InChI is InChI=1S/C20H20F2N4O5/c1-13(27)24-8-10-25(11-9-24)17-7-2-14(12-18(17)26(29)30)19(28)23-15-3-5-16(6-4-15)31-20(21)22/h2-7,12,20H,8-11H2,1H3,(H,23,28). The number of rotatable bonds is 6. The molecule has 0 unspecified atom stereocenters. The van der Waals surface area contributed by atoms with Gasteiger partial charge in [-0.05, 0) is 36.4 Å². The quantitative estimate of drug-likeness (QED) is 0.553. The van der Waals surface area contributed by atoms with Crippen molar-refractivity contribution in [3.05, 3.63) is 58.1 Å². The summed E-state index contributed by atoms with van der Waals surface area (Å²) in [6.07, 6.45) is 0. The molecule has 1 aliphatic rings. The van der Waals surface area contributed by atoms with E-state index in [2.05, 4.69) is 10.1 Å². The molecule has 0 atom stereocenters. The number of alkyl halides is 2. The van der Waals surface area contributed by atoms with Gasteiger partial charge in [0.2, 0.25) is 5.91 Å². The van der Waals surface area contributed by atoms with Gasteiger partial charge in [-0.25, -0.2) is 0 Å². The summed E-state index contributed by atoms with van der Waals surface area (Å²) in [6, 6.07) is 9.48. The van der Waals surface area contributed by atoms with Crippen molar-refractivity contribution in [3.8, 4) is 5.75 Å². The normalized spacial score (nSPS) is 13.8. The molecule has 2 aromatic rings. The molecule has 1 saturated heterocycles. The molecular formula is C20H20F2N4O5. The van der Waals surface area contributed by atoms with Crippen LogP contribution in [0, 0.1) is 10.1 Å². The fourth-order valence-corrected chi connectivity index (χ4v) is 3.26. The van der Waals surface area contributed by atoms with Crippen LogP contribution in [0.5, 0.6) is 5.75 Å². The first kappa shape index (κ1) is 21.9. The Labute approximate surface area is 176 Å². The molecule has 0 aliphatic carbocycles. The molecule has 11 heteroatoms. The molecule has 2 aromatic carbocycles. The van der Waals surface area contributed by atoms with Crippen LogP contribution in [0.25, 0.3) is 0 Å². The third kappa shape index (κ3) is 5.44. The van der Waals surface area contributed by atoms with E-state index in [1.54, 1.807) is 9.80 Å². The van der Waals surface area contributed by atoms with Gasteiger partial charge < -0.3 is 19.9 Å². The van der Waals surface area contributed by atoms with Crippen molar-refractivity contribution in [1.29, 1.82) is 0 Å². The fourth-order valence-electron chi connectivity index (χ4n) is 3.26. The number of carbonyl (C=O) groups is 2. The minimum absolute atomic E-state index is 0.0463. The molecule has 0 aromatic heterocycles. The maximum Gasteiger partial charge on any atom is 0.387 e. The van der Waals surface area contributed by atoms with E-state index in [1.807, 2.05) is 0 Å². The van der Waals surface area contributed by atoms with Crippen LogP contribution in [-0.2, 0) is 4.79 Å². The topological polar surface area (TPSA) is 105 Å². The molecule has 1 aliphatic heterocycles. The van der Waals surface area contributed by atoms with Crippen molar-refractivity contribution in [3.63, 3.8) is 0 Å². The SMILES string of the molecule is CC(=O)N1CCN(c2ccc(C(=O)Nc3ccc(OC(F)F)cc3)cc2[N+](=O)[O-])CC1. The Hall–Kier alpha value is -3.76. The Morgan fingerprint density at radius 3 is 2.29 bits per heavy atom. The molecule has 1 fully saturated rings. The van der Waals surface area contributed by atoms with E-state index in [0.717, 1.165) is 0 Å². The summed E-state index contributed by atoms with van der Waals surface area (Å²) in [4.78, 5) is 38.5. The summed E-state index contributed by atoms with van der Waals surface area (Å²) in [5.41, 5.74) is 0.548. The molecule has 31 heavy (non-hydrogen) atoms. The van der Waals surface area contributed by atoms with Gasteiger partial charge in [0.15, 0.2) is 0 Å². The Bertz CT molecular complexity index is 976. The monoisotopic (exact) mass is 434 g/mol. The number of piperazine rings is 1. The highest BCUT2D eigenvalue weighted by atomic mass is 19.3. The Balaban J connectivity index is 1.73. The molecule has 0 radical (unpaired) electrons. The molecular weight excluding hydrogens is 414 g/mol. The highest BCUT2D eigenvalue weighted by Gasteiger charge is 2.26. The summed E-state index contributed by atoms with van der Waals surface area (Å²) in [7, 11) is 0. The minimum atomic E-state index is -2.95. The van der Waals surface area contributed by atoms with Crippen molar-refractivity contribution in [2.24, 2.45) is 0 Å². The Morgan fingerprint density at radius 2 is 1.74 bits per heavy atom. The van der Waals surface area contributed by atoms with Gasteiger partial charge >= 0.3 is 6.61 Å². The second-order valence-corrected chi connectivity index (χ2v) is 6.81. The minimum Gasteiger partial charge on any atom is -0.435 e. The van der Waals surface area contributed by atoms with Crippen molar-refractivity contribution < 1.29 is 28.0 Å². The third-order valence-electron chi connectivity index (χ3n) is 4.84. The summed E-state index contributed by atoms with van der Waals surface area (Å²) in [5, 5.41) is 14.2. The predicted molar refractivity (Wildman–Crippen MR) is 109 cm³/mol. The fraction of sp³-hybridized carbons (Fsp3) is 0.300. The van der Waals surface area contributed by atoms with E-state index >= 15 is 0 Å². The average Bonchev–Trinajstić information content (AvgIpc) is 2.74. The van der Waals surface area contributed by atoms with E-state index in [1.165, 1.54) is 49.4 Å². The van der Waals surface area contributed by atoms with E-state index in [0.29, 0.717) is 37.6 Å². The highest BCUT2D eigenvalue weighted by molar-refractivity contribution is 6.05. The largest absolute Gasteiger partial charge is 0.435 e. The summed E-state index contributed by atoms with van der Waals surface area (Å²) < 4.78 is 28.7. The van der Waals surface area contributed by atoms with Gasteiger partial charge in [-0.3, -0.25) is 19.7 Å². The zero-order chi connectivity index (χ0) is 22.5. The van der Waals surface area contributed by atoms with Crippen LogP contribution in [0.15, 0.2) is 42.5 Å². The molecule has 9 nitrogen and oxygen atoms in total. The molecule has 0 spiro atoms. The second kappa shape index (κ2) is 9.37. The molecule has 164 valence electrons. The maximum absolute atomic E-state index is 12.5. The summed E-state index contributed by atoms with van der Waals surface area (Å²) >= 11 is 0. The van der Waals surface area contributed by atoms with Crippen molar-refractivity contribution in [1.82, 2.24) is 4.90 Å². The van der Waals surface area contributed by atoms with Crippen LogP contribution in [0.3, 0.4) is 0 Å². The maximum atomic E-state index is 12.5. The zero-order valence-corrected chi connectivity index (χ0v) is 16.6. The van der Waals surface area contributed by atoms with Crippen molar-refractivity contribution in [2.75, 3.05) is 36.4 Å². The molecule has 3 rings (SSSR count).